The van der Waals surface area contributed by atoms with Crippen molar-refractivity contribution in [3.05, 3.63) is 11.4 Å². The fourth-order valence-corrected chi connectivity index (χ4v) is 2.06. The molecule has 106 valence electrons. The summed E-state index contributed by atoms with van der Waals surface area (Å²) in [4.78, 5) is 8.86. The highest BCUT2D eigenvalue weighted by atomic mass is 16.3. The second kappa shape index (κ2) is 6.16. The van der Waals surface area contributed by atoms with E-state index in [1.165, 1.54) is 0 Å². The Labute approximate surface area is 113 Å². The molecule has 0 saturated heterocycles. The van der Waals surface area contributed by atoms with Crippen LogP contribution in [0.1, 0.15) is 37.6 Å². The van der Waals surface area contributed by atoms with Gasteiger partial charge >= 0.3 is 0 Å². The molecule has 5 N–H and O–H groups in total. The Morgan fingerprint density at radius 1 is 1.37 bits per heavy atom. The molecule has 1 aliphatic carbocycles. The van der Waals surface area contributed by atoms with Crippen molar-refractivity contribution in [2.24, 2.45) is 11.8 Å². The van der Waals surface area contributed by atoms with Crippen LogP contribution in [0.5, 0.6) is 0 Å². The van der Waals surface area contributed by atoms with E-state index in [-0.39, 0.29) is 6.10 Å². The molecular formula is C13H23N5O. The van der Waals surface area contributed by atoms with Gasteiger partial charge in [0.15, 0.2) is 0 Å². The Bertz CT molecular complexity index is 433. The maximum atomic E-state index is 9.89. The first-order chi connectivity index (χ1) is 9.15. The molecule has 0 radical (unpaired) electrons. The third-order valence-electron chi connectivity index (χ3n) is 3.45. The normalized spacial score (nSPS) is 16.2. The SMILES string of the molecule is CCCc1nc(NN)c(C)c(NCC(O)C2CC2)n1. The lowest BCUT2D eigenvalue weighted by molar-refractivity contribution is 0.164. The van der Waals surface area contributed by atoms with Gasteiger partial charge in [-0.1, -0.05) is 6.92 Å². The number of aliphatic hydroxyl groups is 1. The van der Waals surface area contributed by atoms with Crippen LogP contribution in [0.3, 0.4) is 0 Å². The van der Waals surface area contributed by atoms with Crippen molar-refractivity contribution in [1.82, 2.24) is 9.97 Å². The summed E-state index contributed by atoms with van der Waals surface area (Å²) < 4.78 is 0. The van der Waals surface area contributed by atoms with E-state index in [0.717, 1.165) is 42.9 Å². The number of hydrazine groups is 1. The summed E-state index contributed by atoms with van der Waals surface area (Å²) in [6, 6.07) is 0. The van der Waals surface area contributed by atoms with Gasteiger partial charge in [-0.3, -0.25) is 0 Å². The number of anilines is 2. The third-order valence-corrected chi connectivity index (χ3v) is 3.45. The van der Waals surface area contributed by atoms with Gasteiger partial charge in [0.25, 0.3) is 0 Å². The van der Waals surface area contributed by atoms with E-state index in [1.54, 1.807) is 0 Å². The van der Waals surface area contributed by atoms with E-state index in [2.05, 4.69) is 27.6 Å². The maximum Gasteiger partial charge on any atom is 0.148 e. The summed E-state index contributed by atoms with van der Waals surface area (Å²) in [5.74, 6) is 8.10. The summed E-state index contributed by atoms with van der Waals surface area (Å²) in [6.07, 6.45) is 3.76. The quantitative estimate of drug-likeness (QED) is 0.437. The van der Waals surface area contributed by atoms with Crippen molar-refractivity contribution in [2.75, 3.05) is 17.3 Å². The second-order valence-corrected chi connectivity index (χ2v) is 5.14. The highest BCUT2D eigenvalue weighted by Gasteiger charge is 2.29. The van der Waals surface area contributed by atoms with E-state index in [1.807, 2.05) is 6.92 Å². The molecule has 1 saturated carbocycles. The predicted octanol–water partition coefficient (Wildman–Crippen LogP) is 1.21. The molecule has 1 aromatic rings. The fraction of sp³-hybridized carbons (Fsp3) is 0.692. The van der Waals surface area contributed by atoms with Crippen LogP contribution in [-0.2, 0) is 6.42 Å². The lowest BCUT2D eigenvalue weighted by Gasteiger charge is -2.15. The predicted molar refractivity (Wildman–Crippen MR) is 75.8 cm³/mol. The molecule has 1 aliphatic rings. The zero-order chi connectivity index (χ0) is 13.8. The summed E-state index contributed by atoms with van der Waals surface area (Å²) in [6.45, 7) is 4.53. The van der Waals surface area contributed by atoms with Crippen molar-refractivity contribution >= 4 is 11.6 Å². The first-order valence-electron chi connectivity index (χ1n) is 6.91. The lowest BCUT2D eigenvalue weighted by atomic mass is 10.2. The lowest BCUT2D eigenvalue weighted by Crippen LogP contribution is -2.23. The van der Waals surface area contributed by atoms with E-state index in [4.69, 9.17) is 5.84 Å². The number of nitrogens with two attached hydrogens (primary N) is 1. The van der Waals surface area contributed by atoms with E-state index in [0.29, 0.717) is 18.3 Å². The summed E-state index contributed by atoms with van der Waals surface area (Å²) in [7, 11) is 0. The molecule has 6 nitrogen and oxygen atoms in total. The summed E-state index contributed by atoms with van der Waals surface area (Å²) in [5.41, 5.74) is 3.48. The third kappa shape index (κ3) is 3.54. The van der Waals surface area contributed by atoms with Crippen LogP contribution >= 0.6 is 0 Å². The molecule has 1 heterocycles. The van der Waals surface area contributed by atoms with E-state index >= 15 is 0 Å². The molecule has 0 aliphatic heterocycles. The van der Waals surface area contributed by atoms with Gasteiger partial charge in [0, 0.05) is 18.5 Å². The van der Waals surface area contributed by atoms with Crippen molar-refractivity contribution < 1.29 is 5.11 Å². The van der Waals surface area contributed by atoms with Crippen molar-refractivity contribution in [3.63, 3.8) is 0 Å². The van der Waals surface area contributed by atoms with Crippen LogP contribution in [0.15, 0.2) is 0 Å². The number of aromatic nitrogens is 2. The van der Waals surface area contributed by atoms with E-state index in [9.17, 15) is 5.11 Å². The molecule has 0 aromatic carbocycles. The molecule has 0 amide bonds. The highest BCUT2D eigenvalue weighted by molar-refractivity contribution is 5.56. The molecular weight excluding hydrogens is 242 g/mol. The zero-order valence-corrected chi connectivity index (χ0v) is 11.6. The van der Waals surface area contributed by atoms with Gasteiger partial charge in [-0.2, -0.15) is 0 Å². The average molecular weight is 265 g/mol. The number of nitrogens with one attached hydrogen (secondary N) is 2. The number of nitrogens with zero attached hydrogens (tertiary/aromatic N) is 2. The number of hydrogen-bond acceptors (Lipinski definition) is 6. The monoisotopic (exact) mass is 265 g/mol. The van der Waals surface area contributed by atoms with Gasteiger partial charge in [-0.15, -0.1) is 0 Å². The zero-order valence-electron chi connectivity index (χ0n) is 11.6. The van der Waals surface area contributed by atoms with Crippen molar-refractivity contribution in [2.45, 2.75) is 45.6 Å². The number of aliphatic hydroxyl groups excluding tert-OH is 1. The van der Waals surface area contributed by atoms with Crippen LogP contribution in [0, 0.1) is 12.8 Å². The first kappa shape index (κ1) is 14.0. The molecule has 1 unspecified atom stereocenters. The molecule has 2 rings (SSSR count). The van der Waals surface area contributed by atoms with Crippen LogP contribution in [0.25, 0.3) is 0 Å². The molecule has 6 heteroatoms. The van der Waals surface area contributed by atoms with Gasteiger partial charge in [0.05, 0.1) is 6.10 Å². The molecule has 1 atom stereocenters. The van der Waals surface area contributed by atoms with Crippen molar-refractivity contribution in [1.29, 1.82) is 0 Å². The maximum absolute atomic E-state index is 9.89. The smallest absolute Gasteiger partial charge is 0.148 e. The van der Waals surface area contributed by atoms with Gasteiger partial charge < -0.3 is 15.8 Å². The van der Waals surface area contributed by atoms with Gasteiger partial charge in [0.2, 0.25) is 0 Å². The number of nitrogen functional groups attached to an aromatic ring is 1. The minimum absolute atomic E-state index is 0.293. The van der Waals surface area contributed by atoms with E-state index < -0.39 is 0 Å². The standard InChI is InChI=1S/C13H23N5O/c1-3-4-11-16-12(8(2)13(17-11)18-14)15-7-10(19)9-5-6-9/h9-10,19H,3-7,14H2,1-2H3,(H2,15,16,17,18). The molecule has 19 heavy (non-hydrogen) atoms. The number of rotatable bonds is 7. The number of aryl methyl sites for hydroxylation is 1. The summed E-state index contributed by atoms with van der Waals surface area (Å²) in [5, 5.41) is 13.1. The molecule has 1 aromatic heterocycles. The number of hydrogen-bond donors (Lipinski definition) is 4. The topological polar surface area (TPSA) is 96.1 Å². The van der Waals surface area contributed by atoms with Crippen molar-refractivity contribution in [3.8, 4) is 0 Å². The summed E-state index contributed by atoms with van der Waals surface area (Å²) >= 11 is 0. The highest BCUT2D eigenvalue weighted by Crippen LogP contribution is 2.32. The average Bonchev–Trinajstić information content (AvgIpc) is 3.23. The first-order valence-corrected chi connectivity index (χ1v) is 6.91. The largest absolute Gasteiger partial charge is 0.391 e. The van der Waals surface area contributed by atoms with Gasteiger partial charge in [-0.05, 0) is 32.1 Å². The second-order valence-electron chi connectivity index (χ2n) is 5.14. The molecule has 0 spiro atoms. The fourth-order valence-electron chi connectivity index (χ4n) is 2.06. The Kier molecular flexibility index (Phi) is 4.55. The van der Waals surface area contributed by atoms with Crippen LogP contribution in [-0.4, -0.2) is 27.7 Å². The Balaban J connectivity index is 2.09. The molecule has 0 bridgehead atoms. The van der Waals surface area contributed by atoms with Gasteiger partial charge in [0.1, 0.15) is 17.5 Å². The minimum atomic E-state index is -0.293. The molecule has 1 fully saturated rings. The van der Waals surface area contributed by atoms with Crippen LogP contribution in [0.2, 0.25) is 0 Å². The Morgan fingerprint density at radius 2 is 2.05 bits per heavy atom. The van der Waals surface area contributed by atoms with Gasteiger partial charge in [-0.25, -0.2) is 15.8 Å². The Hall–Kier alpha value is -1.40. The minimum Gasteiger partial charge on any atom is -0.391 e. The van der Waals surface area contributed by atoms with Crippen LogP contribution in [0.4, 0.5) is 11.6 Å². The Morgan fingerprint density at radius 3 is 2.63 bits per heavy atom. The van der Waals surface area contributed by atoms with Crippen LogP contribution < -0.4 is 16.6 Å².